The van der Waals surface area contributed by atoms with Crippen LogP contribution < -0.4 is 0 Å². The standard InChI is InChI=1S/C18H16N4O/c1-3-16-17(13-6-4-12(2)5-7-13)21-18(23-16)22-11-20-14-8-9-19-10-15(14)22/h4-11H,3H2,1-2H3. The Morgan fingerprint density at radius 1 is 1.13 bits per heavy atom. The Morgan fingerprint density at radius 2 is 1.96 bits per heavy atom. The van der Waals surface area contributed by atoms with Crippen molar-refractivity contribution in [3.8, 4) is 17.3 Å². The third kappa shape index (κ3) is 2.30. The molecule has 114 valence electrons. The highest BCUT2D eigenvalue weighted by Gasteiger charge is 2.16. The monoisotopic (exact) mass is 304 g/mol. The Morgan fingerprint density at radius 3 is 2.74 bits per heavy atom. The van der Waals surface area contributed by atoms with E-state index in [1.165, 1.54) is 5.56 Å². The lowest BCUT2D eigenvalue weighted by Crippen LogP contribution is -1.92. The molecule has 0 spiro atoms. The summed E-state index contributed by atoms with van der Waals surface area (Å²) in [5.41, 5.74) is 4.92. The van der Waals surface area contributed by atoms with Crippen LogP contribution in [0.15, 0.2) is 53.5 Å². The highest BCUT2D eigenvalue weighted by atomic mass is 16.4. The topological polar surface area (TPSA) is 56.7 Å². The number of nitrogens with zero attached hydrogens (tertiary/aromatic N) is 4. The molecule has 0 aliphatic carbocycles. The van der Waals surface area contributed by atoms with Gasteiger partial charge in [-0.15, -0.1) is 0 Å². The highest BCUT2D eigenvalue weighted by Crippen LogP contribution is 2.27. The van der Waals surface area contributed by atoms with Crippen LogP contribution in [0.5, 0.6) is 0 Å². The number of oxazole rings is 1. The molecule has 0 aliphatic rings. The fourth-order valence-electron chi connectivity index (χ4n) is 2.63. The first-order chi connectivity index (χ1) is 11.3. The van der Waals surface area contributed by atoms with E-state index >= 15 is 0 Å². The first-order valence-corrected chi connectivity index (χ1v) is 7.60. The van der Waals surface area contributed by atoms with Gasteiger partial charge in [0.05, 0.1) is 17.2 Å². The summed E-state index contributed by atoms with van der Waals surface area (Å²) < 4.78 is 7.82. The van der Waals surface area contributed by atoms with Crippen molar-refractivity contribution in [2.24, 2.45) is 0 Å². The normalized spacial score (nSPS) is 11.2. The van der Waals surface area contributed by atoms with E-state index in [0.717, 1.165) is 34.5 Å². The van der Waals surface area contributed by atoms with Gasteiger partial charge in [-0.25, -0.2) is 4.98 Å². The summed E-state index contributed by atoms with van der Waals surface area (Å²) in [5.74, 6) is 0.870. The molecule has 3 aromatic heterocycles. The van der Waals surface area contributed by atoms with Crippen LogP contribution in [0.25, 0.3) is 28.3 Å². The molecule has 0 bridgehead atoms. The predicted octanol–water partition coefficient (Wildman–Crippen LogP) is 3.95. The average Bonchev–Trinajstić information content (AvgIpc) is 3.19. The van der Waals surface area contributed by atoms with Crippen molar-refractivity contribution in [2.75, 3.05) is 0 Å². The van der Waals surface area contributed by atoms with Gasteiger partial charge in [-0.05, 0) is 13.0 Å². The minimum absolute atomic E-state index is 0.521. The lowest BCUT2D eigenvalue weighted by molar-refractivity contribution is 0.490. The zero-order valence-corrected chi connectivity index (χ0v) is 13.0. The number of rotatable bonds is 3. The molecule has 4 aromatic rings. The van der Waals surface area contributed by atoms with Gasteiger partial charge < -0.3 is 4.42 Å². The number of imidazole rings is 1. The van der Waals surface area contributed by atoms with Crippen LogP contribution in [-0.2, 0) is 6.42 Å². The largest absolute Gasteiger partial charge is 0.427 e. The number of hydrogen-bond donors (Lipinski definition) is 0. The summed E-state index contributed by atoms with van der Waals surface area (Å²) in [6, 6.07) is 10.7. The second kappa shape index (κ2) is 5.35. The van der Waals surface area contributed by atoms with Gasteiger partial charge in [0.15, 0.2) is 0 Å². The van der Waals surface area contributed by atoms with Gasteiger partial charge in [0.1, 0.15) is 17.8 Å². The van der Waals surface area contributed by atoms with Gasteiger partial charge in [-0.1, -0.05) is 36.8 Å². The molecule has 1 aromatic carbocycles. The molecule has 0 aliphatic heterocycles. The van der Waals surface area contributed by atoms with Crippen LogP contribution in [-0.4, -0.2) is 19.5 Å². The lowest BCUT2D eigenvalue weighted by atomic mass is 10.1. The zero-order valence-electron chi connectivity index (χ0n) is 13.0. The van der Waals surface area contributed by atoms with Crippen LogP contribution in [0.3, 0.4) is 0 Å². The Bertz CT molecular complexity index is 966. The third-order valence-electron chi connectivity index (χ3n) is 3.89. The number of aryl methyl sites for hydroxylation is 2. The Labute approximate surface area is 133 Å². The van der Waals surface area contributed by atoms with Gasteiger partial charge in [0.2, 0.25) is 0 Å². The molecule has 5 heteroatoms. The van der Waals surface area contributed by atoms with E-state index in [0.29, 0.717) is 6.01 Å². The van der Waals surface area contributed by atoms with Gasteiger partial charge in [-0.3, -0.25) is 9.55 Å². The molecule has 0 amide bonds. The van der Waals surface area contributed by atoms with Crippen LogP contribution in [0, 0.1) is 6.92 Å². The fourth-order valence-corrected chi connectivity index (χ4v) is 2.63. The molecule has 4 rings (SSSR count). The molecular formula is C18H16N4O. The van der Waals surface area contributed by atoms with Crippen LogP contribution in [0.4, 0.5) is 0 Å². The summed E-state index contributed by atoms with van der Waals surface area (Å²) >= 11 is 0. The maximum Gasteiger partial charge on any atom is 0.308 e. The quantitative estimate of drug-likeness (QED) is 0.575. The first-order valence-electron chi connectivity index (χ1n) is 7.60. The number of pyridine rings is 1. The van der Waals surface area contributed by atoms with E-state index in [1.54, 1.807) is 18.7 Å². The molecule has 5 nitrogen and oxygen atoms in total. The highest BCUT2D eigenvalue weighted by molar-refractivity contribution is 5.75. The number of hydrogen-bond acceptors (Lipinski definition) is 4. The molecular weight excluding hydrogens is 288 g/mol. The molecule has 3 heterocycles. The summed E-state index contributed by atoms with van der Waals surface area (Å²) in [6.45, 7) is 4.14. The van der Waals surface area contributed by atoms with Crippen molar-refractivity contribution in [2.45, 2.75) is 20.3 Å². The molecule has 0 N–H and O–H groups in total. The van der Waals surface area contributed by atoms with E-state index in [2.05, 4.69) is 48.1 Å². The summed E-state index contributed by atoms with van der Waals surface area (Å²) in [6.07, 6.45) is 5.99. The smallest absolute Gasteiger partial charge is 0.308 e. The minimum Gasteiger partial charge on any atom is -0.427 e. The summed E-state index contributed by atoms with van der Waals surface area (Å²) in [4.78, 5) is 13.2. The molecule has 0 radical (unpaired) electrons. The van der Waals surface area contributed by atoms with E-state index in [-0.39, 0.29) is 0 Å². The molecule has 0 unspecified atom stereocenters. The van der Waals surface area contributed by atoms with E-state index in [9.17, 15) is 0 Å². The molecule has 0 saturated carbocycles. The van der Waals surface area contributed by atoms with E-state index in [1.807, 2.05) is 10.6 Å². The van der Waals surface area contributed by atoms with Crippen molar-refractivity contribution in [1.82, 2.24) is 19.5 Å². The van der Waals surface area contributed by atoms with Crippen LogP contribution >= 0.6 is 0 Å². The number of fused-ring (bicyclic) bond motifs is 1. The minimum atomic E-state index is 0.521. The Hall–Kier alpha value is -2.95. The lowest BCUT2D eigenvalue weighted by Gasteiger charge is -1.99. The predicted molar refractivity (Wildman–Crippen MR) is 88.5 cm³/mol. The third-order valence-corrected chi connectivity index (χ3v) is 3.89. The van der Waals surface area contributed by atoms with Gasteiger partial charge >= 0.3 is 6.01 Å². The van der Waals surface area contributed by atoms with E-state index < -0.39 is 0 Å². The van der Waals surface area contributed by atoms with Crippen molar-refractivity contribution >= 4 is 11.0 Å². The molecule has 0 atom stereocenters. The molecule has 0 fully saturated rings. The van der Waals surface area contributed by atoms with Crippen molar-refractivity contribution in [3.63, 3.8) is 0 Å². The van der Waals surface area contributed by atoms with Crippen LogP contribution in [0.1, 0.15) is 18.2 Å². The summed E-state index contributed by atoms with van der Waals surface area (Å²) in [7, 11) is 0. The zero-order chi connectivity index (χ0) is 15.8. The fraction of sp³-hybridized carbons (Fsp3) is 0.167. The van der Waals surface area contributed by atoms with Gasteiger partial charge in [0, 0.05) is 18.2 Å². The van der Waals surface area contributed by atoms with Crippen molar-refractivity contribution in [3.05, 3.63) is 60.4 Å². The maximum absolute atomic E-state index is 5.99. The Balaban J connectivity index is 1.86. The average molecular weight is 304 g/mol. The van der Waals surface area contributed by atoms with Crippen molar-refractivity contribution in [1.29, 1.82) is 0 Å². The maximum atomic E-state index is 5.99. The van der Waals surface area contributed by atoms with Gasteiger partial charge in [-0.2, -0.15) is 4.98 Å². The second-order valence-corrected chi connectivity index (χ2v) is 5.47. The first kappa shape index (κ1) is 13.7. The Kier molecular flexibility index (Phi) is 3.19. The number of benzene rings is 1. The van der Waals surface area contributed by atoms with Crippen LogP contribution in [0.2, 0.25) is 0 Å². The molecule has 23 heavy (non-hydrogen) atoms. The van der Waals surface area contributed by atoms with Gasteiger partial charge in [0.25, 0.3) is 0 Å². The SMILES string of the molecule is CCc1oc(-n2cnc3ccncc32)nc1-c1ccc(C)cc1. The second-order valence-electron chi connectivity index (χ2n) is 5.47. The molecule has 0 saturated heterocycles. The summed E-state index contributed by atoms with van der Waals surface area (Å²) in [5, 5.41) is 0. The van der Waals surface area contributed by atoms with E-state index in [4.69, 9.17) is 9.40 Å². The number of aromatic nitrogens is 4. The van der Waals surface area contributed by atoms with Crippen molar-refractivity contribution < 1.29 is 4.42 Å².